The molecule has 0 bridgehead atoms. The fourth-order valence-corrected chi connectivity index (χ4v) is 2.73. The summed E-state index contributed by atoms with van der Waals surface area (Å²) in [4.78, 5) is 4.55. The van der Waals surface area contributed by atoms with Gasteiger partial charge in [-0.05, 0) is 26.8 Å². The van der Waals surface area contributed by atoms with Gasteiger partial charge in [0.05, 0.1) is 5.54 Å². The largest absolute Gasteiger partial charge is 0.308 e. The molecule has 0 aliphatic heterocycles. The molecule has 1 rings (SSSR count). The third-order valence-corrected chi connectivity index (χ3v) is 3.88. The molecule has 13 heavy (non-hydrogen) atoms. The van der Waals surface area contributed by atoms with E-state index in [1.54, 1.807) is 11.3 Å². The molecule has 0 unspecified atom stereocenters. The molecule has 0 fully saturated rings. The fraction of sp³-hybridized carbons (Fsp3) is 0.700. The molecule has 0 amide bonds. The van der Waals surface area contributed by atoms with Crippen LogP contribution >= 0.6 is 11.3 Å². The summed E-state index contributed by atoms with van der Waals surface area (Å²) in [6, 6.07) is 0. The molecular formula is C10H18N2S. The highest BCUT2D eigenvalue weighted by atomic mass is 32.1. The van der Waals surface area contributed by atoms with Crippen molar-refractivity contribution in [1.29, 1.82) is 0 Å². The van der Waals surface area contributed by atoms with Gasteiger partial charge in [0.1, 0.15) is 5.01 Å². The number of hydrogen-bond donors (Lipinski definition) is 1. The third kappa shape index (κ3) is 1.92. The highest BCUT2D eigenvalue weighted by Crippen LogP contribution is 2.30. The van der Waals surface area contributed by atoms with Crippen LogP contribution in [0.5, 0.6) is 0 Å². The van der Waals surface area contributed by atoms with Gasteiger partial charge in [-0.25, -0.2) is 4.98 Å². The van der Waals surface area contributed by atoms with E-state index >= 15 is 0 Å². The summed E-state index contributed by atoms with van der Waals surface area (Å²) in [5.74, 6) is 0. The average Bonchev–Trinajstić information content (AvgIpc) is 2.57. The van der Waals surface area contributed by atoms with Crippen LogP contribution in [0.15, 0.2) is 5.38 Å². The number of nitrogens with one attached hydrogen (secondary N) is 1. The van der Waals surface area contributed by atoms with Gasteiger partial charge in [-0.15, -0.1) is 11.3 Å². The van der Waals surface area contributed by atoms with Crippen molar-refractivity contribution in [2.75, 3.05) is 7.05 Å². The molecule has 0 radical (unpaired) electrons. The van der Waals surface area contributed by atoms with Crippen LogP contribution in [-0.4, -0.2) is 12.0 Å². The predicted molar refractivity (Wildman–Crippen MR) is 58.2 cm³/mol. The SMILES string of the molecule is CCC(CC)(NC)c1nc(C)cs1. The minimum absolute atomic E-state index is 0.0962. The van der Waals surface area contributed by atoms with E-state index in [1.165, 1.54) is 5.01 Å². The van der Waals surface area contributed by atoms with Gasteiger partial charge in [-0.1, -0.05) is 13.8 Å². The van der Waals surface area contributed by atoms with Crippen LogP contribution in [0.1, 0.15) is 37.4 Å². The molecule has 1 aromatic rings. The zero-order chi connectivity index (χ0) is 9.90. The summed E-state index contributed by atoms with van der Waals surface area (Å²) in [6.45, 7) is 6.46. The van der Waals surface area contributed by atoms with Gasteiger partial charge in [-0.3, -0.25) is 0 Å². The maximum absolute atomic E-state index is 4.55. The molecule has 0 spiro atoms. The lowest BCUT2D eigenvalue weighted by Gasteiger charge is -2.28. The molecular weight excluding hydrogens is 180 g/mol. The molecule has 3 heteroatoms. The van der Waals surface area contributed by atoms with Crippen LogP contribution in [0.2, 0.25) is 0 Å². The summed E-state index contributed by atoms with van der Waals surface area (Å²) >= 11 is 1.76. The molecule has 2 nitrogen and oxygen atoms in total. The van der Waals surface area contributed by atoms with Crippen LogP contribution in [0.25, 0.3) is 0 Å². The quantitative estimate of drug-likeness (QED) is 0.804. The summed E-state index contributed by atoms with van der Waals surface area (Å²) in [5.41, 5.74) is 1.22. The van der Waals surface area contributed by atoms with Gasteiger partial charge >= 0.3 is 0 Å². The molecule has 1 aromatic heterocycles. The topological polar surface area (TPSA) is 24.9 Å². The summed E-state index contributed by atoms with van der Waals surface area (Å²) in [5, 5.41) is 6.73. The maximum atomic E-state index is 4.55. The lowest BCUT2D eigenvalue weighted by atomic mass is 9.94. The second kappa shape index (κ2) is 4.20. The van der Waals surface area contributed by atoms with E-state index in [9.17, 15) is 0 Å². The van der Waals surface area contributed by atoms with Crippen LogP contribution in [0, 0.1) is 6.92 Å². The number of hydrogen-bond acceptors (Lipinski definition) is 3. The number of aromatic nitrogens is 1. The monoisotopic (exact) mass is 198 g/mol. The average molecular weight is 198 g/mol. The molecule has 1 heterocycles. The van der Waals surface area contributed by atoms with E-state index in [0.717, 1.165) is 18.5 Å². The van der Waals surface area contributed by atoms with Crippen molar-refractivity contribution >= 4 is 11.3 Å². The van der Waals surface area contributed by atoms with Crippen molar-refractivity contribution in [3.63, 3.8) is 0 Å². The Morgan fingerprint density at radius 1 is 1.46 bits per heavy atom. The number of rotatable bonds is 4. The Labute approximate surface area is 84.4 Å². The number of aryl methyl sites for hydroxylation is 1. The van der Waals surface area contributed by atoms with Gasteiger partial charge < -0.3 is 5.32 Å². The van der Waals surface area contributed by atoms with E-state index in [2.05, 4.69) is 29.5 Å². The lowest BCUT2D eigenvalue weighted by Crippen LogP contribution is -2.38. The molecule has 0 atom stereocenters. The van der Waals surface area contributed by atoms with Crippen molar-refractivity contribution in [2.24, 2.45) is 0 Å². The van der Waals surface area contributed by atoms with Crippen molar-refractivity contribution < 1.29 is 0 Å². The second-order valence-electron chi connectivity index (χ2n) is 3.33. The second-order valence-corrected chi connectivity index (χ2v) is 4.19. The van der Waals surface area contributed by atoms with Crippen molar-refractivity contribution in [3.05, 3.63) is 16.1 Å². The summed E-state index contributed by atoms with van der Waals surface area (Å²) in [7, 11) is 2.02. The third-order valence-electron chi connectivity index (χ3n) is 2.71. The molecule has 74 valence electrons. The Hall–Kier alpha value is -0.410. The van der Waals surface area contributed by atoms with E-state index in [0.29, 0.717) is 0 Å². The van der Waals surface area contributed by atoms with Gasteiger partial charge in [-0.2, -0.15) is 0 Å². The Kier molecular flexibility index (Phi) is 3.45. The van der Waals surface area contributed by atoms with Crippen molar-refractivity contribution in [3.8, 4) is 0 Å². The first-order valence-electron chi connectivity index (χ1n) is 4.80. The fourth-order valence-electron chi connectivity index (χ4n) is 1.59. The first-order valence-corrected chi connectivity index (χ1v) is 5.68. The minimum Gasteiger partial charge on any atom is -0.308 e. The molecule has 0 aliphatic rings. The zero-order valence-corrected chi connectivity index (χ0v) is 9.66. The van der Waals surface area contributed by atoms with E-state index in [1.807, 2.05) is 14.0 Å². The standard InChI is InChI=1S/C10H18N2S/c1-5-10(6-2,11-4)9-12-8(3)7-13-9/h7,11H,5-6H2,1-4H3. The first kappa shape index (κ1) is 10.7. The Morgan fingerprint density at radius 2 is 2.08 bits per heavy atom. The normalized spacial score (nSPS) is 12.0. The molecule has 1 N–H and O–H groups in total. The van der Waals surface area contributed by atoms with Gasteiger partial charge in [0, 0.05) is 11.1 Å². The maximum Gasteiger partial charge on any atom is 0.113 e. The predicted octanol–water partition coefficient (Wildman–Crippen LogP) is 2.69. The lowest BCUT2D eigenvalue weighted by molar-refractivity contribution is 0.333. The van der Waals surface area contributed by atoms with Crippen molar-refractivity contribution in [1.82, 2.24) is 10.3 Å². The van der Waals surface area contributed by atoms with Crippen molar-refractivity contribution in [2.45, 2.75) is 39.2 Å². The number of nitrogens with zero attached hydrogens (tertiary/aromatic N) is 1. The van der Waals surface area contributed by atoms with E-state index < -0.39 is 0 Å². The van der Waals surface area contributed by atoms with E-state index in [-0.39, 0.29) is 5.54 Å². The first-order chi connectivity index (χ1) is 6.18. The van der Waals surface area contributed by atoms with Crippen LogP contribution in [0.3, 0.4) is 0 Å². The Morgan fingerprint density at radius 3 is 2.38 bits per heavy atom. The Bertz CT molecular complexity index is 255. The summed E-state index contributed by atoms with van der Waals surface area (Å²) in [6.07, 6.45) is 2.18. The molecule has 0 aliphatic carbocycles. The molecule has 0 aromatic carbocycles. The molecule has 0 saturated carbocycles. The highest BCUT2D eigenvalue weighted by Gasteiger charge is 2.28. The van der Waals surface area contributed by atoms with Gasteiger partial charge in [0.2, 0.25) is 0 Å². The van der Waals surface area contributed by atoms with E-state index in [4.69, 9.17) is 0 Å². The Balaban J connectivity index is 3.00. The minimum atomic E-state index is 0.0962. The number of thiazole rings is 1. The smallest absolute Gasteiger partial charge is 0.113 e. The zero-order valence-electron chi connectivity index (χ0n) is 8.85. The van der Waals surface area contributed by atoms with Gasteiger partial charge in [0.25, 0.3) is 0 Å². The van der Waals surface area contributed by atoms with Crippen LogP contribution in [-0.2, 0) is 5.54 Å². The highest BCUT2D eigenvalue weighted by molar-refractivity contribution is 7.09. The van der Waals surface area contributed by atoms with Gasteiger partial charge in [0.15, 0.2) is 0 Å². The molecule has 0 saturated heterocycles. The van der Waals surface area contributed by atoms with Crippen LogP contribution < -0.4 is 5.32 Å². The van der Waals surface area contributed by atoms with Crippen LogP contribution in [0.4, 0.5) is 0 Å². The summed E-state index contributed by atoms with van der Waals surface area (Å²) < 4.78 is 0.